The number of hydrogen-bond acceptors (Lipinski definition) is 3. The number of amides is 1. The largest absolute Gasteiger partial charge is 0.294 e. The fourth-order valence-corrected chi connectivity index (χ4v) is 4.05. The van der Waals surface area contributed by atoms with Gasteiger partial charge >= 0.3 is 0 Å². The summed E-state index contributed by atoms with van der Waals surface area (Å²) in [7, 11) is 0. The van der Waals surface area contributed by atoms with Crippen molar-refractivity contribution in [3.63, 3.8) is 0 Å². The summed E-state index contributed by atoms with van der Waals surface area (Å²) in [6, 6.07) is 12.0. The number of carbonyl (C=O) groups is 2. The quantitative estimate of drug-likeness (QED) is 0.838. The molecule has 2 heterocycles. The first-order valence-electron chi connectivity index (χ1n) is 9.27. The smallest absolute Gasteiger partial charge is 0.232 e. The van der Waals surface area contributed by atoms with Crippen molar-refractivity contribution in [1.82, 2.24) is 4.98 Å². The molecule has 2 aliphatic rings. The van der Waals surface area contributed by atoms with E-state index in [1.165, 1.54) is 5.56 Å². The minimum Gasteiger partial charge on any atom is -0.294 e. The fourth-order valence-electron chi connectivity index (χ4n) is 4.05. The van der Waals surface area contributed by atoms with Crippen molar-refractivity contribution in [3.8, 4) is 0 Å². The summed E-state index contributed by atoms with van der Waals surface area (Å²) in [6.07, 6.45) is 6.80. The number of hydrogen-bond donors (Lipinski definition) is 0. The maximum absolute atomic E-state index is 13.0. The first-order chi connectivity index (χ1) is 12.7. The second kappa shape index (κ2) is 6.87. The second-order valence-electron chi connectivity index (χ2n) is 6.93. The minimum atomic E-state index is -0.135. The lowest BCUT2D eigenvalue weighted by Crippen LogP contribution is -2.40. The summed E-state index contributed by atoms with van der Waals surface area (Å²) < 4.78 is 0. The van der Waals surface area contributed by atoms with Gasteiger partial charge in [0.25, 0.3) is 0 Å². The zero-order valence-electron chi connectivity index (χ0n) is 14.9. The summed E-state index contributed by atoms with van der Waals surface area (Å²) >= 11 is 0. The Morgan fingerprint density at radius 2 is 1.92 bits per heavy atom. The molecule has 1 aromatic heterocycles. The number of benzene rings is 1. The van der Waals surface area contributed by atoms with Gasteiger partial charge in [0.2, 0.25) is 5.91 Å². The Morgan fingerprint density at radius 1 is 1.12 bits per heavy atom. The average Bonchev–Trinajstić information content (AvgIpc) is 2.68. The van der Waals surface area contributed by atoms with Gasteiger partial charge in [0.1, 0.15) is 0 Å². The molecule has 0 saturated heterocycles. The van der Waals surface area contributed by atoms with Crippen LogP contribution in [0, 0.1) is 0 Å². The molecule has 2 aromatic rings. The summed E-state index contributed by atoms with van der Waals surface area (Å²) in [6.45, 7) is 2.12. The van der Waals surface area contributed by atoms with Crippen LogP contribution in [0.4, 0.5) is 5.69 Å². The van der Waals surface area contributed by atoms with E-state index >= 15 is 0 Å². The van der Waals surface area contributed by atoms with Gasteiger partial charge in [0, 0.05) is 36.2 Å². The molecule has 1 unspecified atom stereocenters. The van der Waals surface area contributed by atoms with Crippen LogP contribution in [0.2, 0.25) is 0 Å². The molecular formula is C22H22N2O2. The Labute approximate surface area is 153 Å². The lowest BCUT2D eigenvalue weighted by molar-refractivity contribution is -0.119. The molecule has 0 bridgehead atoms. The molecule has 0 saturated carbocycles. The fraction of sp³-hybridized carbons (Fsp3) is 0.318. The normalized spacial score (nSPS) is 20.3. The standard InChI is InChI=1S/C22H22N2O2/c1-2-15-8-10-16(11-9-15)18-13-21(26)24(17-5-4-12-23-14-17)19-6-3-7-20(25)22(18)19/h4-5,8-12,14,18H,2-3,6-7,13H2,1H3. The van der Waals surface area contributed by atoms with E-state index in [-0.39, 0.29) is 17.6 Å². The van der Waals surface area contributed by atoms with E-state index in [0.717, 1.165) is 41.8 Å². The number of carbonyl (C=O) groups excluding carboxylic acids is 2. The third-order valence-electron chi connectivity index (χ3n) is 5.37. The number of aromatic nitrogens is 1. The zero-order chi connectivity index (χ0) is 18.1. The number of ketones is 1. The van der Waals surface area contributed by atoms with E-state index in [4.69, 9.17) is 0 Å². The Kier molecular flexibility index (Phi) is 4.41. The van der Waals surface area contributed by atoms with Gasteiger partial charge in [-0.25, -0.2) is 0 Å². The van der Waals surface area contributed by atoms with Crippen molar-refractivity contribution in [1.29, 1.82) is 0 Å². The zero-order valence-corrected chi connectivity index (χ0v) is 14.9. The average molecular weight is 346 g/mol. The monoisotopic (exact) mass is 346 g/mol. The molecular weight excluding hydrogens is 324 g/mol. The predicted octanol–water partition coefficient (Wildman–Crippen LogP) is 4.17. The minimum absolute atomic E-state index is 0.0380. The van der Waals surface area contributed by atoms with E-state index in [1.54, 1.807) is 17.3 Å². The van der Waals surface area contributed by atoms with E-state index in [0.29, 0.717) is 12.8 Å². The van der Waals surface area contributed by atoms with Crippen molar-refractivity contribution in [3.05, 3.63) is 71.2 Å². The van der Waals surface area contributed by atoms with Gasteiger partial charge in [-0.05, 0) is 42.5 Å². The van der Waals surface area contributed by atoms with Gasteiger partial charge in [-0.2, -0.15) is 0 Å². The molecule has 1 atom stereocenters. The Balaban J connectivity index is 1.82. The molecule has 0 spiro atoms. The predicted molar refractivity (Wildman–Crippen MR) is 101 cm³/mol. The van der Waals surface area contributed by atoms with Crippen LogP contribution in [-0.2, 0) is 16.0 Å². The van der Waals surface area contributed by atoms with Crippen LogP contribution in [0.5, 0.6) is 0 Å². The van der Waals surface area contributed by atoms with Crippen LogP contribution in [0.3, 0.4) is 0 Å². The molecule has 26 heavy (non-hydrogen) atoms. The molecule has 1 aliphatic heterocycles. The van der Waals surface area contributed by atoms with Gasteiger partial charge in [-0.15, -0.1) is 0 Å². The molecule has 1 aliphatic carbocycles. The summed E-state index contributed by atoms with van der Waals surface area (Å²) in [5.74, 6) is 0.0809. The van der Waals surface area contributed by atoms with Gasteiger partial charge in [0.05, 0.1) is 11.9 Å². The SMILES string of the molecule is CCc1ccc(C2CC(=O)N(c3cccnc3)C3=C2C(=O)CCC3)cc1. The molecule has 4 nitrogen and oxygen atoms in total. The molecule has 1 amide bonds. The first-order valence-corrected chi connectivity index (χ1v) is 9.27. The molecule has 0 fully saturated rings. The summed E-state index contributed by atoms with van der Waals surface area (Å²) in [5, 5.41) is 0. The van der Waals surface area contributed by atoms with Gasteiger partial charge in [0.15, 0.2) is 5.78 Å². The maximum atomic E-state index is 13.0. The molecule has 4 heteroatoms. The lowest BCUT2D eigenvalue weighted by atomic mass is 9.77. The summed E-state index contributed by atoms with van der Waals surface area (Å²) in [5.41, 5.74) is 4.76. The molecule has 1 aromatic carbocycles. The van der Waals surface area contributed by atoms with Crippen LogP contribution in [0.15, 0.2) is 60.1 Å². The molecule has 132 valence electrons. The van der Waals surface area contributed by atoms with Crippen LogP contribution in [-0.4, -0.2) is 16.7 Å². The third kappa shape index (κ3) is 2.85. The number of rotatable bonds is 3. The summed E-state index contributed by atoms with van der Waals surface area (Å²) in [4.78, 5) is 31.7. The van der Waals surface area contributed by atoms with E-state index in [1.807, 2.05) is 12.1 Å². The van der Waals surface area contributed by atoms with Crippen LogP contribution in [0.25, 0.3) is 0 Å². The highest BCUT2D eigenvalue weighted by Crippen LogP contribution is 2.43. The highest BCUT2D eigenvalue weighted by atomic mass is 16.2. The maximum Gasteiger partial charge on any atom is 0.232 e. The van der Waals surface area contributed by atoms with Crippen molar-refractivity contribution in [2.24, 2.45) is 0 Å². The number of anilines is 1. The lowest BCUT2D eigenvalue weighted by Gasteiger charge is -2.38. The topological polar surface area (TPSA) is 50.3 Å². The van der Waals surface area contributed by atoms with Gasteiger partial charge < -0.3 is 0 Å². The Hall–Kier alpha value is -2.75. The van der Waals surface area contributed by atoms with Crippen molar-refractivity contribution in [2.45, 2.75) is 44.9 Å². The molecule has 0 N–H and O–H groups in total. The Bertz CT molecular complexity index is 869. The van der Waals surface area contributed by atoms with E-state index in [2.05, 4.69) is 36.2 Å². The van der Waals surface area contributed by atoms with Crippen LogP contribution >= 0.6 is 0 Å². The van der Waals surface area contributed by atoms with Crippen molar-refractivity contribution in [2.75, 3.05) is 4.90 Å². The molecule has 4 rings (SSSR count). The van der Waals surface area contributed by atoms with E-state index in [9.17, 15) is 9.59 Å². The van der Waals surface area contributed by atoms with Crippen LogP contribution in [0.1, 0.15) is 49.7 Å². The van der Waals surface area contributed by atoms with E-state index < -0.39 is 0 Å². The van der Waals surface area contributed by atoms with Gasteiger partial charge in [-0.1, -0.05) is 31.2 Å². The van der Waals surface area contributed by atoms with Crippen LogP contribution < -0.4 is 4.90 Å². The third-order valence-corrected chi connectivity index (χ3v) is 5.37. The van der Waals surface area contributed by atoms with Gasteiger partial charge in [-0.3, -0.25) is 19.5 Å². The number of nitrogens with zero attached hydrogens (tertiary/aromatic N) is 2. The highest BCUT2D eigenvalue weighted by Gasteiger charge is 2.39. The molecule has 0 radical (unpaired) electrons. The first kappa shape index (κ1) is 16.7. The second-order valence-corrected chi connectivity index (χ2v) is 6.93. The highest BCUT2D eigenvalue weighted by molar-refractivity contribution is 6.07. The van der Waals surface area contributed by atoms with Crippen molar-refractivity contribution < 1.29 is 9.59 Å². The number of pyridine rings is 1. The number of aryl methyl sites for hydroxylation is 1. The number of Topliss-reactive ketones (excluding diaryl/α,β-unsaturated/α-hetero) is 1. The number of allylic oxidation sites excluding steroid dienone is 2. The Morgan fingerprint density at radius 3 is 2.62 bits per heavy atom. The van der Waals surface area contributed by atoms with Crippen molar-refractivity contribution >= 4 is 17.4 Å².